The van der Waals surface area contributed by atoms with E-state index in [4.69, 9.17) is 15.6 Å². The van der Waals surface area contributed by atoms with Gasteiger partial charge in [-0.3, -0.25) is 0 Å². The molecule has 0 amide bonds. The number of aromatic nitrogens is 2. The van der Waals surface area contributed by atoms with Gasteiger partial charge in [-0.25, -0.2) is 0 Å². The van der Waals surface area contributed by atoms with Crippen LogP contribution in [0.4, 0.5) is 11.8 Å². The normalized spacial score (nSPS) is 12.2. The molecule has 6 heteroatoms. The molecule has 0 aliphatic heterocycles. The van der Waals surface area contributed by atoms with Crippen molar-refractivity contribution in [2.75, 3.05) is 24.8 Å². The Balaban J connectivity index is 2.79. The van der Waals surface area contributed by atoms with Crippen molar-refractivity contribution in [2.45, 2.75) is 19.4 Å². The molecule has 1 unspecified atom stereocenters. The zero-order valence-electron chi connectivity index (χ0n) is 8.90. The van der Waals surface area contributed by atoms with Gasteiger partial charge in [0.25, 0.3) is 0 Å². The van der Waals surface area contributed by atoms with Gasteiger partial charge < -0.3 is 20.9 Å². The maximum atomic E-state index is 9.01. The van der Waals surface area contributed by atoms with Crippen molar-refractivity contribution in [2.24, 2.45) is 0 Å². The van der Waals surface area contributed by atoms with Crippen LogP contribution in [0.25, 0.3) is 0 Å². The van der Waals surface area contributed by atoms with E-state index in [9.17, 15) is 0 Å². The molecule has 6 nitrogen and oxygen atoms in total. The van der Waals surface area contributed by atoms with Gasteiger partial charge in [-0.15, -0.1) is 0 Å². The van der Waals surface area contributed by atoms with Crippen molar-refractivity contribution in [3.8, 4) is 5.88 Å². The summed E-state index contributed by atoms with van der Waals surface area (Å²) in [5.41, 5.74) is 5.49. The van der Waals surface area contributed by atoms with Gasteiger partial charge in [0.1, 0.15) is 5.82 Å². The van der Waals surface area contributed by atoms with Crippen LogP contribution in [0.2, 0.25) is 0 Å². The maximum Gasteiger partial charge on any atom is 0.225 e. The molecule has 0 bridgehead atoms. The monoisotopic (exact) mass is 212 g/mol. The molecule has 4 N–H and O–H groups in total. The third-order valence-corrected chi connectivity index (χ3v) is 1.99. The fraction of sp³-hybridized carbons (Fsp3) is 0.556. The smallest absolute Gasteiger partial charge is 0.225 e. The van der Waals surface area contributed by atoms with Crippen LogP contribution in [0, 0.1) is 0 Å². The molecule has 0 aliphatic carbocycles. The molecule has 0 aliphatic rings. The Morgan fingerprint density at radius 3 is 2.87 bits per heavy atom. The summed E-state index contributed by atoms with van der Waals surface area (Å²) in [6.45, 7) is 2.01. The van der Waals surface area contributed by atoms with Crippen LogP contribution < -0.4 is 15.8 Å². The molecular formula is C9H16N4O2. The first-order valence-electron chi connectivity index (χ1n) is 4.75. The Labute approximate surface area is 88.5 Å². The van der Waals surface area contributed by atoms with E-state index in [0.717, 1.165) is 6.42 Å². The van der Waals surface area contributed by atoms with Crippen molar-refractivity contribution < 1.29 is 9.84 Å². The van der Waals surface area contributed by atoms with Crippen LogP contribution in [-0.4, -0.2) is 34.8 Å². The fourth-order valence-electron chi connectivity index (χ4n) is 1.11. The molecule has 0 aromatic carbocycles. The van der Waals surface area contributed by atoms with Gasteiger partial charge in [-0.2, -0.15) is 9.97 Å². The average Bonchev–Trinajstić information content (AvgIpc) is 2.25. The highest BCUT2D eigenvalue weighted by molar-refractivity contribution is 5.43. The Bertz CT molecular complexity index is 315. The minimum atomic E-state index is -0.0380. The molecule has 1 rings (SSSR count). The van der Waals surface area contributed by atoms with Crippen LogP contribution in [0.3, 0.4) is 0 Å². The number of anilines is 2. The molecule has 15 heavy (non-hydrogen) atoms. The summed E-state index contributed by atoms with van der Waals surface area (Å²) in [5.74, 6) is 1.10. The maximum absolute atomic E-state index is 9.01. The Hall–Kier alpha value is -1.56. The zero-order chi connectivity index (χ0) is 11.3. The number of aliphatic hydroxyl groups is 1. The highest BCUT2D eigenvalue weighted by atomic mass is 16.5. The third-order valence-electron chi connectivity index (χ3n) is 1.99. The van der Waals surface area contributed by atoms with Crippen molar-refractivity contribution in [1.82, 2.24) is 9.97 Å². The third kappa shape index (κ3) is 3.25. The zero-order valence-corrected chi connectivity index (χ0v) is 8.90. The van der Waals surface area contributed by atoms with Crippen LogP contribution in [0.5, 0.6) is 5.88 Å². The first kappa shape index (κ1) is 11.5. The first-order chi connectivity index (χ1) is 7.19. The number of nitrogens with zero attached hydrogens (tertiary/aromatic N) is 2. The van der Waals surface area contributed by atoms with Crippen LogP contribution >= 0.6 is 0 Å². The number of aliphatic hydroxyl groups excluding tert-OH is 1. The van der Waals surface area contributed by atoms with E-state index in [1.807, 2.05) is 6.92 Å². The van der Waals surface area contributed by atoms with Crippen molar-refractivity contribution in [3.05, 3.63) is 6.07 Å². The van der Waals surface area contributed by atoms with E-state index in [-0.39, 0.29) is 18.6 Å². The Morgan fingerprint density at radius 2 is 2.33 bits per heavy atom. The van der Waals surface area contributed by atoms with E-state index in [2.05, 4.69) is 15.3 Å². The lowest BCUT2D eigenvalue weighted by Crippen LogP contribution is -2.23. The number of nitrogens with two attached hydrogens (primary N) is 1. The fourth-order valence-corrected chi connectivity index (χ4v) is 1.11. The molecule has 1 aromatic rings. The molecule has 0 saturated heterocycles. The average molecular weight is 212 g/mol. The van der Waals surface area contributed by atoms with Crippen LogP contribution in [0.15, 0.2) is 6.07 Å². The molecule has 1 atom stereocenters. The number of nitrogen functional groups attached to an aromatic ring is 1. The Kier molecular flexibility index (Phi) is 4.11. The lowest BCUT2D eigenvalue weighted by Gasteiger charge is -2.15. The summed E-state index contributed by atoms with van der Waals surface area (Å²) in [6.07, 6.45) is 0.794. The Morgan fingerprint density at radius 1 is 1.60 bits per heavy atom. The molecular weight excluding hydrogens is 196 g/mol. The highest BCUT2D eigenvalue weighted by Crippen LogP contribution is 2.15. The number of hydrogen-bond acceptors (Lipinski definition) is 6. The van der Waals surface area contributed by atoms with E-state index in [1.165, 1.54) is 7.11 Å². The molecule has 0 radical (unpaired) electrons. The summed E-state index contributed by atoms with van der Waals surface area (Å²) in [7, 11) is 1.51. The lowest BCUT2D eigenvalue weighted by molar-refractivity contribution is 0.271. The minimum absolute atomic E-state index is 0.0380. The number of rotatable bonds is 5. The number of methoxy groups -OCH3 is 1. The van der Waals surface area contributed by atoms with Gasteiger partial charge in [-0.05, 0) is 6.42 Å². The molecule has 1 aromatic heterocycles. The molecule has 0 spiro atoms. The topological polar surface area (TPSA) is 93.3 Å². The van der Waals surface area contributed by atoms with E-state index in [0.29, 0.717) is 11.7 Å². The van der Waals surface area contributed by atoms with Gasteiger partial charge >= 0.3 is 0 Å². The van der Waals surface area contributed by atoms with Gasteiger partial charge in [0.05, 0.1) is 19.8 Å². The second kappa shape index (κ2) is 5.35. The predicted molar refractivity (Wildman–Crippen MR) is 57.8 cm³/mol. The van der Waals surface area contributed by atoms with Crippen molar-refractivity contribution in [3.63, 3.8) is 0 Å². The number of ether oxygens (including phenoxy) is 1. The SMILES string of the molecule is CCC(CO)Nc1cc(OC)nc(N)n1. The van der Waals surface area contributed by atoms with Gasteiger partial charge in [-0.1, -0.05) is 6.92 Å². The first-order valence-corrected chi connectivity index (χ1v) is 4.75. The minimum Gasteiger partial charge on any atom is -0.481 e. The van der Waals surface area contributed by atoms with Crippen molar-refractivity contribution >= 4 is 11.8 Å². The largest absolute Gasteiger partial charge is 0.481 e. The highest BCUT2D eigenvalue weighted by Gasteiger charge is 2.07. The summed E-state index contributed by atoms with van der Waals surface area (Å²) < 4.78 is 4.95. The molecule has 0 fully saturated rings. The van der Waals surface area contributed by atoms with Crippen LogP contribution in [0.1, 0.15) is 13.3 Å². The summed E-state index contributed by atoms with van der Waals surface area (Å²) in [5, 5.41) is 12.0. The number of hydrogen-bond donors (Lipinski definition) is 3. The van der Waals surface area contributed by atoms with Crippen molar-refractivity contribution in [1.29, 1.82) is 0 Å². The van der Waals surface area contributed by atoms with E-state index >= 15 is 0 Å². The van der Waals surface area contributed by atoms with E-state index in [1.54, 1.807) is 6.07 Å². The van der Waals surface area contributed by atoms with Gasteiger partial charge in [0, 0.05) is 6.07 Å². The second-order valence-electron chi connectivity index (χ2n) is 3.09. The second-order valence-corrected chi connectivity index (χ2v) is 3.09. The standard InChI is InChI=1S/C9H16N4O2/c1-3-6(5-14)11-7-4-8(15-2)13-9(10)12-7/h4,6,14H,3,5H2,1-2H3,(H3,10,11,12,13). The quantitative estimate of drug-likeness (QED) is 0.647. The lowest BCUT2D eigenvalue weighted by atomic mass is 10.2. The summed E-state index contributed by atoms with van der Waals surface area (Å²) in [6, 6.07) is 1.60. The molecule has 84 valence electrons. The number of nitrogens with one attached hydrogen (secondary N) is 1. The summed E-state index contributed by atoms with van der Waals surface area (Å²) in [4.78, 5) is 7.84. The van der Waals surface area contributed by atoms with Gasteiger partial charge in [0.15, 0.2) is 0 Å². The molecule has 1 heterocycles. The van der Waals surface area contributed by atoms with E-state index < -0.39 is 0 Å². The van der Waals surface area contributed by atoms with Crippen LogP contribution in [-0.2, 0) is 0 Å². The van der Waals surface area contributed by atoms with Gasteiger partial charge in [0.2, 0.25) is 11.8 Å². The summed E-state index contributed by atoms with van der Waals surface area (Å²) >= 11 is 0. The molecule has 0 saturated carbocycles. The predicted octanol–water partition coefficient (Wildman–Crippen LogP) is 0.250.